The van der Waals surface area contributed by atoms with E-state index < -0.39 is 0 Å². The minimum absolute atomic E-state index is 0.132. The molecular weight excluding hydrogens is 270 g/mol. The van der Waals surface area contributed by atoms with Crippen LogP contribution in [-0.4, -0.2) is 41.4 Å². The first-order valence-electron chi connectivity index (χ1n) is 5.91. The summed E-state index contributed by atoms with van der Waals surface area (Å²) in [6.45, 7) is 9.48. The van der Waals surface area contributed by atoms with E-state index in [1.807, 2.05) is 25.7 Å². The molecule has 16 heavy (non-hydrogen) atoms. The zero-order valence-corrected chi connectivity index (χ0v) is 12.2. The van der Waals surface area contributed by atoms with Crippen molar-refractivity contribution in [2.75, 3.05) is 18.5 Å². The van der Waals surface area contributed by atoms with Crippen LogP contribution >= 0.6 is 15.9 Å². The second-order valence-electron chi connectivity index (χ2n) is 5.15. The molecule has 0 spiro atoms. The number of hydrogen-bond donors (Lipinski definition) is 0. The van der Waals surface area contributed by atoms with Gasteiger partial charge >= 0.3 is 0 Å². The van der Waals surface area contributed by atoms with Crippen LogP contribution in [0, 0.1) is 5.41 Å². The monoisotopic (exact) mass is 291 g/mol. The van der Waals surface area contributed by atoms with E-state index in [1.54, 1.807) is 0 Å². The number of alkyl halides is 1. The van der Waals surface area contributed by atoms with Gasteiger partial charge in [-0.25, -0.2) is 0 Å². The molecule has 1 aliphatic heterocycles. The Morgan fingerprint density at radius 2 is 2.19 bits per heavy atom. The standard InChI is InChI=1S/C12H22BrNO2/c1-5-12(3,4)11(15)14-7-10(6-13)16-8-9(14)2/h9-10H,5-8H2,1-4H3. The Balaban J connectivity index is 2.73. The highest BCUT2D eigenvalue weighted by molar-refractivity contribution is 9.09. The first-order valence-corrected chi connectivity index (χ1v) is 7.03. The van der Waals surface area contributed by atoms with Crippen LogP contribution in [0.15, 0.2) is 0 Å². The van der Waals surface area contributed by atoms with E-state index >= 15 is 0 Å². The van der Waals surface area contributed by atoms with Crippen LogP contribution < -0.4 is 0 Å². The fourth-order valence-electron chi connectivity index (χ4n) is 1.73. The number of halogens is 1. The summed E-state index contributed by atoms with van der Waals surface area (Å²) in [4.78, 5) is 14.3. The maximum atomic E-state index is 12.4. The third kappa shape index (κ3) is 2.98. The lowest BCUT2D eigenvalue weighted by Gasteiger charge is -2.41. The van der Waals surface area contributed by atoms with Crippen molar-refractivity contribution in [3.63, 3.8) is 0 Å². The van der Waals surface area contributed by atoms with Crippen LogP contribution in [0.3, 0.4) is 0 Å². The quantitative estimate of drug-likeness (QED) is 0.748. The van der Waals surface area contributed by atoms with Gasteiger partial charge in [-0.2, -0.15) is 0 Å². The minimum atomic E-state index is -0.261. The van der Waals surface area contributed by atoms with Gasteiger partial charge in [0.15, 0.2) is 0 Å². The van der Waals surface area contributed by atoms with Gasteiger partial charge in [0.2, 0.25) is 5.91 Å². The summed E-state index contributed by atoms with van der Waals surface area (Å²) in [5, 5.41) is 0.788. The van der Waals surface area contributed by atoms with E-state index in [0.29, 0.717) is 13.2 Å². The number of hydrogen-bond acceptors (Lipinski definition) is 2. The summed E-state index contributed by atoms with van der Waals surface area (Å²) in [6.07, 6.45) is 1.00. The summed E-state index contributed by atoms with van der Waals surface area (Å²) < 4.78 is 5.63. The third-order valence-electron chi connectivity index (χ3n) is 3.40. The highest BCUT2D eigenvalue weighted by Crippen LogP contribution is 2.26. The van der Waals surface area contributed by atoms with Crippen molar-refractivity contribution in [3.8, 4) is 0 Å². The fourth-order valence-corrected chi connectivity index (χ4v) is 2.13. The lowest BCUT2D eigenvalue weighted by Crippen LogP contribution is -2.54. The van der Waals surface area contributed by atoms with Gasteiger partial charge in [0, 0.05) is 17.3 Å². The number of rotatable bonds is 3. The number of amides is 1. The lowest BCUT2D eigenvalue weighted by molar-refractivity contribution is -0.152. The first kappa shape index (κ1) is 14.0. The first-order chi connectivity index (χ1) is 7.42. The summed E-state index contributed by atoms with van der Waals surface area (Å²) >= 11 is 3.41. The van der Waals surface area contributed by atoms with Gasteiger partial charge in [-0.15, -0.1) is 0 Å². The lowest BCUT2D eigenvalue weighted by atomic mass is 9.87. The molecule has 1 rings (SSSR count). The molecule has 1 amide bonds. The second kappa shape index (κ2) is 5.50. The zero-order chi connectivity index (χ0) is 12.3. The van der Waals surface area contributed by atoms with Crippen LogP contribution in [0.4, 0.5) is 0 Å². The molecule has 0 aromatic rings. The molecule has 0 N–H and O–H groups in total. The second-order valence-corrected chi connectivity index (χ2v) is 5.80. The Morgan fingerprint density at radius 1 is 1.56 bits per heavy atom. The maximum absolute atomic E-state index is 12.4. The molecule has 1 aliphatic rings. The number of ether oxygens (including phenoxy) is 1. The molecule has 0 saturated carbocycles. The number of morpholine rings is 1. The number of carbonyl (C=O) groups excluding carboxylic acids is 1. The highest BCUT2D eigenvalue weighted by atomic mass is 79.9. The Labute approximate surface area is 107 Å². The minimum Gasteiger partial charge on any atom is -0.373 e. The number of carbonyl (C=O) groups is 1. The largest absolute Gasteiger partial charge is 0.373 e. The van der Waals surface area contributed by atoms with Crippen molar-refractivity contribution < 1.29 is 9.53 Å². The van der Waals surface area contributed by atoms with Crippen molar-refractivity contribution in [1.82, 2.24) is 4.90 Å². The Hall–Kier alpha value is -0.0900. The van der Waals surface area contributed by atoms with Crippen LogP contribution in [0.5, 0.6) is 0 Å². The Bertz CT molecular complexity index is 255. The molecule has 4 heteroatoms. The topological polar surface area (TPSA) is 29.5 Å². The van der Waals surface area contributed by atoms with Gasteiger partial charge in [0.05, 0.1) is 18.8 Å². The summed E-state index contributed by atoms with van der Waals surface area (Å²) in [7, 11) is 0. The van der Waals surface area contributed by atoms with E-state index in [1.165, 1.54) is 0 Å². The number of nitrogens with zero attached hydrogens (tertiary/aromatic N) is 1. The maximum Gasteiger partial charge on any atom is 0.228 e. The Morgan fingerprint density at radius 3 is 2.69 bits per heavy atom. The van der Waals surface area contributed by atoms with Crippen molar-refractivity contribution in [3.05, 3.63) is 0 Å². The van der Waals surface area contributed by atoms with E-state index in [2.05, 4.69) is 22.9 Å². The summed E-state index contributed by atoms with van der Waals surface area (Å²) in [5.41, 5.74) is -0.261. The molecule has 1 saturated heterocycles. The van der Waals surface area contributed by atoms with Crippen molar-refractivity contribution in [2.45, 2.75) is 46.3 Å². The van der Waals surface area contributed by atoms with E-state index in [4.69, 9.17) is 4.74 Å². The van der Waals surface area contributed by atoms with Gasteiger partial charge in [-0.05, 0) is 13.3 Å². The molecule has 1 heterocycles. The summed E-state index contributed by atoms with van der Waals surface area (Å²) in [5.74, 6) is 0.247. The smallest absolute Gasteiger partial charge is 0.228 e. The molecule has 0 bridgehead atoms. The highest BCUT2D eigenvalue weighted by Gasteiger charge is 2.36. The van der Waals surface area contributed by atoms with E-state index in [-0.39, 0.29) is 23.5 Å². The van der Waals surface area contributed by atoms with E-state index in [9.17, 15) is 4.79 Å². The average molecular weight is 292 g/mol. The van der Waals surface area contributed by atoms with Crippen molar-refractivity contribution in [2.24, 2.45) is 5.41 Å². The van der Waals surface area contributed by atoms with Crippen LogP contribution in [0.25, 0.3) is 0 Å². The molecule has 3 nitrogen and oxygen atoms in total. The molecule has 2 atom stereocenters. The van der Waals surface area contributed by atoms with E-state index in [0.717, 1.165) is 11.8 Å². The van der Waals surface area contributed by atoms with Gasteiger partial charge < -0.3 is 9.64 Å². The SMILES string of the molecule is CCC(C)(C)C(=O)N1CC(CBr)OCC1C. The van der Waals surface area contributed by atoms with Crippen molar-refractivity contribution >= 4 is 21.8 Å². The molecule has 0 aliphatic carbocycles. The van der Waals surface area contributed by atoms with Crippen molar-refractivity contribution in [1.29, 1.82) is 0 Å². The average Bonchev–Trinajstić information content (AvgIpc) is 2.29. The molecule has 0 aromatic carbocycles. The molecule has 1 fully saturated rings. The van der Waals surface area contributed by atoms with Gasteiger partial charge in [-0.1, -0.05) is 36.7 Å². The molecule has 94 valence electrons. The summed E-state index contributed by atoms with van der Waals surface area (Å²) in [6, 6.07) is 0.189. The van der Waals surface area contributed by atoms with Crippen LogP contribution in [0.2, 0.25) is 0 Å². The van der Waals surface area contributed by atoms with Crippen LogP contribution in [0.1, 0.15) is 34.1 Å². The molecule has 0 radical (unpaired) electrons. The predicted octanol–water partition coefficient (Wildman–Crippen LogP) is 2.43. The normalized spacial score (nSPS) is 26.9. The molecular formula is C12H22BrNO2. The Kier molecular flexibility index (Phi) is 4.80. The fraction of sp³-hybridized carbons (Fsp3) is 0.917. The van der Waals surface area contributed by atoms with Gasteiger partial charge in [0.1, 0.15) is 0 Å². The molecule has 2 unspecified atom stereocenters. The molecule has 0 aromatic heterocycles. The van der Waals surface area contributed by atoms with Gasteiger partial charge in [0.25, 0.3) is 0 Å². The van der Waals surface area contributed by atoms with Gasteiger partial charge in [-0.3, -0.25) is 4.79 Å². The predicted molar refractivity (Wildman–Crippen MR) is 68.8 cm³/mol. The van der Waals surface area contributed by atoms with Crippen LogP contribution in [-0.2, 0) is 9.53 Å². The zero-order valence-electron chi connectivity index (χ0n) is 10.6. The third-order valence-corrected chi connectivity index (χ3v) is 4.12.